The first-order valence-electron chi connectivity index (χ1n) is 7.80. The van der Waals surface area contributed by atoms with Crippen LogP contribution >= 0.6 is 0 Å². The van der Waals surface area contributed by atoms with Crippen LogP contribution in [0.1, 0.15) is 22.5 Å². The molecule has 25 heavy (non-hydrogen) atoms. The molecular weight excluding hydrogens is 326 g/mol. The Morgan fingerprint density at radius 2 is 2.28 bits per heavy atom. The predicted octanol–water partition coefficient (Wildman–Crippen LogP) is 2.01. The van der Waals surface area contributed by atoms with Crippen LogP contribution in [0.5, 0.6) is 0 Å². The summed E-state index contributed by atoms with van der Waals surface area (Å²) in [6, 6.07) is 5.08. The summed E-state index contributed by atoms with van der Waals surface area (Å²) in [6.07, 6.45) is 1.01. The SMILES string of the molecule is Cc1nn(C)c2nc(-c3ccco3)cc(C(=O)O[C@@H]3CCOC3=O)c12. The highest BCUT2D eigenvalue weighted by Gasteiger charge is 2.32. The molecule has 1 aliphatic rings. The smallest absolute Gasteiger partial charge is 0.347 e. The zero-order chi connectivity index (χ0) is 17.6. The van der Waals surface area contributed by atoms with Crippen LogP contribution in [0.25, 0.3) is 22.5 Å². The van der Waals surface area contributed by atoms with Gasteiger partial charge >= 0.3 is 11.9 Å². The quantitative estimate of drug-likeness (QED) is 0.672. The molecule has 0 amide bonds. The minimum absolute atomic E-state index is 0.256. The van der Waals surface area contributed by atoms with Crippen molar-refractivity contribution < 1.29 is 23.5 Å². The number of carbonyl (C=O) groups excluding carboxylic acids is 2. The van der Waals surface area contributed by atoms with Crippen LogP contribution in [0.2, 0.25) is 0 Å². The lowest BCUT2D eigenvalue weighted by Crippen LogP contribution is -2.23. The van der Waals surface area contributed by atoms with Crippen LogP contribution in [0, 0.1) is 6.92 Å². The van der Waals surface area contributed by atoms with Crippen molar-refractivity contribution in [2.24, 2.45) is 7.05 Å². The van der Waals surface area contributed by atoms with Crippen molar-refractivity contribution in [3.8, 4) is 11.5 Å². The van der Waals surface area contributed by atoms with Crippen molar-refractivity contribution in [3.05, 3.63) is 35.7 Å². The number of pyridine rings is 1. The maximum Gasteiger partial charge on any atom is 0.347 e. The highest BCUT2D eigenvalue weighted by Crippen LogP contribution is 2.28. The second-order valence-corrected chi connectivity index (χ2v) is 5.79. The van der Waals surface area contributed by atoms with Gasteiger partial charge in [0.05, 0.1) is 29.5 Å². The molecule has 4 rings (SSSR count). The highest BCUT2D eigenvalue weighted by molar-refractivity contribution is 6.05. The third-order valence-corrected chi connectivity index (χ3v) is 4.10. The van der Waals surface area contributed by atoms with Crippen LogP contribution in [-0.4, -0.2) is 39.4 Å². The number of aromatic nitrogens is 3. The van der Waals surface area contributed by atoms with Gasteiger partial charge in [-0.05, 0) is 25.1 Å². The summed E-state index contributed by atoms with van der Waals surface area (Å²) in [4.78, 5) is 28.8. The molecule has 128 valence electrons. The van der Waals surface area contributed by atoms with E-state index >= 15 is 0 Å². The van der Waals surface area contributed by atoms with E-state index in [1.54, 1.807) is 36.9 Å². The van der Waals surface area contributed by atoms with Gasteiger partial charge in [-0.25, -0.2) is 14.6 Å². The Hall–Kier alpha value is -3.16. The molecule has 0 saturated carbocycles. The van der Waals surface area contributed by atoms with E-state index in [2.05, 4.69) is 10.1 Å². The van der Waals surface area contributed by atoms with Crippen LogP contribution in [0.4, 0.5) is 0 Å². The summed E-state index contributed by atoms with van der Waals surface area (Å²) >= 11 is 0. The third kappa shape index (κ3) is 2.55. The Labute approximate surface area is 142 Å². The van der Waals surface area contributed by atoms with Gasteiger partial charge in [0.15, 0.2) is 11.4 Å². The van der Waals surface area contributed by atoms with Gasteiger partial charge in [-0.15, -0.1) is 0 Å². The van der Waals surface area contributed by atoms with Gasteiger partial charge in [-0.2, -0.15) is 5.10 Å². The number of hydrogen-bond acceptors (Lipinski definition) is 7. The van der Waals surface area contributed by atoms with Crippen molar-refractivity contribution in [2.75, 3.05) is 6.61 Å². The second-order valence-electron chi connectivity index (χ2n) is 5.79. The fraction of sp³-hybridized carbons (Fsp3) is 0.294. The lowest BCUT2D eigenvalue weighted by molar-refractivity contribution is -0.145. The second kappa shape index (κ2) is 5.73. The summed E-state index contributed by atoms with van der Waals surface area (Å²) < 4.78 is 17.2. The van der Waals surface area contributed by atoms with E-state index in [1.165, 1.54) is 6.26 Å². The first-order chi connectivity index (χ1) is 12.0. The molecule has 0 N–H and O–H groups in total. The van der Waals surface area contributed by atoms with Crippen LogP contribution in [0.15, 0.2) is 28.9 Å². The van der Waals surface area contributed by atoms with Gasteiger partial charge < -0.3 is 13.9 Å². The van der Waals surface area contributed by atoms with E-state index in [0.717, 1.165) is 0 Å². The maximum absolute atomic E-state index is 12.7. The summed E-state index contributed by atoms with van der Waals surface area (Å²) in [5.41, 5.74) is 1.97. The molecule has 1 aliphatic heterocycles. The number of carbonyl (C=O) groups is 2. The Balaban J connectivity index is 1.83. The molecule has 8 heteroatoms. The minimum atomic E-state index is -0.875. The standard InChI is InChI=1S/C17H15N3O5/c1-9-14-10(16(21)25-13-5-7-24-17(13)22)8-11(12-4-3-6-23-12)18-15(14)20(2)19-9/h3-4,6,8,13H,5,7H2,1-2H3/t13-/m1/s1. The fourth-order valence-corrected chi connectivity index (χ4v) is 2.93. The molecule has 8 nitrogen and oxygen atoms in total. The van der Waals surface area contributed by atoms with E-state index in [4.69, 9.17) is 13.9 Å². The molecular formula is C17H15N3O5. The number of hydrogen-bond donors (Lipinski definition) is 0. The number of furan rings is 1. The Morgan fingerprint density at radius 3 is 2.96 bits per heavy atom. The number of fused-ring (bicyclic) bond motifs is 1. The molecule has 0 unspecified atom stereocenters. The lowest BCUT2D eigenvalue weighted by atomic mass is 10.1. The summed E-state index contributed by atoms with van der Waals surface area (Å²) in [5.74, 6) is -0.608. The minimum Gasteiger partial charge on any atom is -0.463 e. The summed E-state index contributed by atoms with van der Waals surface area (Å²) in [5, 5.41) is 4.92. The predicted molar refractivity (Wildman–Crippen MR) is 85.7 cm³/mol. The molecule has 0 radical (unpaired) electrons. The zero-order valence-electron chi connectivity index (χ0n) is 13.7. The average molecular weight is 341 g/mol. The van der Waals surface area contributed by atoms with Crippen LogP contribution < -0.4 is 0 Å². The van der Waals surface area contributed by atoms with Gasteiger partial charge in [0.1, 0.15) is 5.69 Å². The van der Waals surface area contributed by atoms with E-state index in [-0.39, 0.29) is 6.61 Å². The summed E-state index contributed by atoms with van der Waals surface area (Å²) in [7, 11) is 1.75. The molecule has 1 fully saturated rings. The van der Waals surface area contributed by atoms with E-state index in [9.17, 15) is 9.59 Å². The molecule has 0 bridgehead atoms. The molecule has 0 spiro atoms. The first-order valence-corrected chi connectivity index (χ1v) is 7.80. The molecule has 1 atom stereocenters. The monoisotopic (exact) mass is 341 g/mol. The van der Waals surface area contributed by atoms with Gasteiger partial charge in [0.25, 0.3) is 0 Å². The largest absolute Gasteiger partial charge is 0.463 e. The number of nitrogens with zero attached hydrogens (tertiary/aromatic N) is 3. The van der Waals surface area contributed by atoms with Gasteiger partial charge in [0, 0.05) is 13.5 Å². The summed E-state index contributed by atoms with van der Waals surface area (Å²) in [6.45, 7) is 2.04. The van der Waals surface area contributed by atoms with E-state index < -0.39 is 18.0 Å². The van der Waals surface area contributed by atoms with Crippen molar-refractivity contribution in [3.63, 3.8) is 0 Å². The number of cyclic esters (lactones) is 1. The van der Waals surface area contributed by atoms with Crippen molar-refractivity contribution in [1.29, 1.82) is 0 Å². The molecule has 0 aromatic carbocycles. The normalized spacial score (nSPS) is 17.0. The van der Waals surface area contributed by atoms with Crippen molar-refractivity contribution in [2.45, 2.75) is 19.4 Å². The fourth-order valence-electron chi connectivity index (χ4n) is 2.93. The Morgan fingerprint density at radius 1 is 1.44 bits per heavy atom. The Kier molecular flexibility index (Phi) is 3.52. The topological polar surface area (TPSA) is 96.5 Å². The number of esters is 2. The number of aryl methyl sites for hydroxylation is 2. The van der Waals surface area contributed by atoms with Crippen molar-refractivity contribution >= 4 is 23.0 Å². The van der Waals surface area contributed by atoms with Crippen LogP contribution in [-0.2, 0) is 21.3 Å². The lowest BCUT2D eigenvalue weighted by Gasteiger charge is -2.10. The number of ether oxygens (including phenoxy) is 2. The van der Waals surface area contributed by atoms with Gasteiger partial charge in [-0.1, -0.05) is 0 Å². The van der Waals surface area contributed by atoms with E-state index in [0.29, 0.717) is 40.2 Å². The third-order valence-electron chi connectivity index (χ3n) is 4.10. The first kappa shape index (κ1) is 15.4. The Bertz CT molecular complexity index is 974. The molecule has 0 aliphatic carbocycles. The molecule has 1 saturated heterocycles. The van der Waals surface area contributed by atoms with Gasteiger partial charge in [0.2, 0.25) is 6.10 Å². The number of rotatable bonds is 3. The van der Waals surface area contributed by atoms with Crippen molar-refractivity contribution in [1.82, 2.24) is 14.8 Å². The average Bonchev–Trinajstić information content (AvgIpc) is 3.30. The molecule has 3 aromatic heterocycles. The van der Waals surface area contributed by atoms with E-state index in [1.807, 2.05) is 0 Å². The highest BCUT2D eigenvalue weighted by atomic mass is 16.6. The zero-order valence-corrected chi connectivity index (χ0v) is 13.7. The maximum atomic E-state index is 12.7. The molecule has 3 aromatic rings. The molecule has 4 heterocycles. The van der Waals surface area contributed by atoms with Gasteiger partial charge in [-0.3, -0.25) is 4.68 Å². The van der Waals surface area contributed by atoms with Crippen LogP contribution in [0.3, 0.4) is 0 Å².